The molecule has 2 aromatic rings. The highest BCUT2D eigenvalue weighted by Gasteiger charge is 2.13. The Morgan fingerprint density at radius 1 is 1.31 bits per heavy atom. The second-order valence-corrected chi connectivity index (χ2v) is 4.02. The molecule has 0 atom stereocenters. The number of benzene rings is 1. The number of aromatic nitrogens is 1. The van der Waals surface area contributed by atoms with Gasteiger partial charge in [-0.05, 0) is 23.6 Å². The van der Waals surface area contributed by atoms with Crippen molar-refractivity contribution < 1.29 is 4.39 Å². The number of rotatable bonds is 1. The van der Waals surface area contributed by atoms with Crippen molar-refractivity contribution in [1.82, 2.24) is 4.98 Å². The number of hydrogen-bond acceptors (Lipinski definition) is 2. The molecule has 0 saturated heterocycles. The molecule has 1 aromatic heterocycles. The largest absolute Gasteiger partial charge is 0.264 e. The molecule has 0 fully saturated rings. The molecule has 16 heavy (non-hydrogen) atoms. The Hall–Kier alpha value is -1.95. The van der Waals surface area contributed by atoms with Crippen LogP contribution in [0.5, 0.6) is 0 Å². The van der Waals surface area contributed by atoms with E-state index in [0.717, 1.165) is 10.9 Å². The first kappa shape index (κ1) is 10.6. The van der Waals surface area contributed by atoms with Crippen LogP contribution in [0.4, 0.5) is 4.39 Å². The summed E-state index contributed by atoms with van der Waals surface area (Å²) in [5.74, 6) is -0.256. The molecule has 0 spiro atoms. The molecule has 0 radical (unpaired) electrons. The molecule has 3 heteroatoms. The maximum absolute atomic E-state index is 13.5. The number of nitriles is 1. The molecular weight excluding hydrogens is 203 g/mol. The van der Waals surface area contributed by atoms with E-state index >= 15 is 0 Å². The summed E-state index contributed by atoms with van der Waals surface area (Å²) in [4.78, 5) is 4.11. The monoisotopic (exact) mass is 214 g/mol. The Labute approximate surface area is 93.4 Å². The predicted octanol–water partition coefficient (Wildman–Crippen LogP) is 3.37. The Morgan fingerprint density at radius 3 is 2.69 bits per heavy atom. The van der Waals surface area contributed by atoms with Crippen molar-refractivity contribution in [2.75, 3.05) is 0 Å². The summed E-state index contributed by atoms with van der Waals surface area (Å²) in [6, 6.07) is 4.90. The Balaban J connectivity index is 2.94. The molecule has 0 amide bonds. The molecule has 0 aliphatic rings. The van der Waals surface area contributed by atoms with Crippen molar-refractivity contribution in [2.24, 2.45) is 0 Å². The quantitative estimate of drug-likeness (QED) is 0.729. The molecule has 2 nitrogen and oxygen atoms in total. The second kappa shape index (κ2) is 3.90. The molecule has 1 aromatic carbocycles. The van der Waals surface area contributed by atoms with Crippen LogP contribution in [-0.4, -0.2) is 4.98 Å². The molecular formula is C13H11FN2. The molecule has 0 bridgehead atoms. The molecule has 0 aliphatic carbocycles. The zero-order chi connectivity index (χ0) is 11.7. The van der Waals surface area contributed by atoms with Gasteiger partial charge in [0.2, 0.25) is 0 Å². The van der Waals surface area contributed by atoms with E-state index in [1.54, 1.807) is 18.5 Å². The summed E-state index contributed by atoms with van der Waals surface area (Å²) < 4.78 is 13.5. The Morgan fingerprint density at radius 2 is 2.06 bits per heavy atom. The molecule has 0 unspecified atom stereocenters. The fourth-order valence-corrected chi connectivity index (χ4v) is 1.82. The third-order valence-corrected chi connectivity index (χ3v) is 2.64. The lowest BCUT2D eigenvalue weighted by molar-refractivity contribution is 0.625. The zero-order valence-electron chi connectivity index (χ0n) is 9.16. The van der Waals surface area contributed by atoms with Gasteiger partial charge in [-0.3, -0.25) is 4.98 Å². The van der Waals surface area contributed by atoms with Gasteiger partial charge < -0.3 is 0 Å². The summed E-state index contributed by atoms with van der Waals surface area (Å²) in [7, 11) is 0. The van der Waals surface area contributed by atoms with Gasteiger partial charge in [0.1, 0.15) is 11.9 Å². The molecule has 2 rings (SSSR count). The van der Waals surface area contributed by atoms with Crippen LogP contribution in [-0.2, 0) is 0 Å². The minimum Gasteiger partial charge on any atom is -0.264 e. The standard InChI is InChI=1S/C13H11FN2/c1-8(2)11-7-16-6-9-3-4-12(14)10(5-15)13(9)11/h3-4,6-8H,1-2H3. The van der Waals surface area contributed by atoms with Gasteiger partial charge in [-0.1, -0.05) is 13.8 Å². The zero-order valence-corrected chi connectivity index (χ0v) is 9.16. The first-order chi connectivity index (χ1) is 7.65. The summed E-state index contributed by atoms with van der Waals surface area (Å²) in [5.41, 5.74) is 1.03. The van der Waals surface area contributed by atoms with Gasteiger partial charge >= 0.3 is 0 Å². The second-order valence-electron chi connectivity index (χ2n) is 4.02. The summed E-state index contributed by atoms with van der Waals surface area (Å²) in [5, 5.41) is 10.5. The summed E-state index contributed by atoms with van der Waals surface area (Å²) >= 11 is 0. The van der Waals surface area contributed by atoms with Crippen LogP contribution in [0.2, 0.25) is 0 Å². The van der Waals surface area contributed by atoms with Crippen molar-refractivity contribution in [2.45, 2.75) is 19.8 Å². The minimum atomic E-state index is -0.469. The van der Waals surface area contributed by atoms with Gasteiger partial charge in [-0.2, -0.15) is 5.26 Å². The van der Waals surface area contributed by atoms with Gasteiger partial charge in [0.25, 0.3) is 0 Å². The van der Waals surface area contributed by atoms with Crippen molar-refractivity contribution in [3.05, 3.63) is 41.5 Å². The van der Waals surface area contributed by atoms with Crippen LogP contribution in [0.1, 0.15) is 30.9 Å². The van der Waals surface area contributed by atoms with Gasteiger partial charge in [0.15, 0.2) is 0 Å². The van der Waals surface area contributed by atoms with Crippen LogP contribution in [0.15, 0.2) is 24.5 Å². The van der Waals surface area contributed by atoms with E-state index in [4.69, 9.17) is 5.26 Å². The van der Waals surface area contributed by atoms with Gasteiger partial charge in [-0.25, -0.2) is 4.39 Å². The molecule has 0 aliphatic heterocycles. The van der Waals surface area contributed by atoms with Crippen LogP contribution < -0.4 is 0 Å². The van der Waals surface area contributed by atoms with Crippen molar-refractivity contribution >= 4 is 10.8 Å². The highest BCUT2D eigenvalue weighted by atomic mass is 19.1. The lowest BCUT2D eigenvalue weighted by atomic mass is 9.95. The number of hydrogen-bond donors (Lipinski definition) is 0. The molecule has 0 N–H and O–H groups in total. The number of fused-ring (bicyclic) bond motifs is 1. The van der Waals surface area contributed by atoms with Gasteiger partial charge in [0, 0.05) is 23.2 Å². The van der Waals surface area contributed by atoms with E-state index in [-0.39, 0.29) is 11.5 Å². The third kappa shape index (κ3) is 1.53. The summed E-state index contributed by atoms with van der Waals surface area (Å²) in [6.45, 7) is 4.00. The maximum Gasteiger partial charge on any atom is 0.141 e. The fourth-order valence-electron chi connectivity index (χ4n) is 1.82. The predicted molar refractivity (Wildman–Crippen MR) is 60.5 cm³/mol. The van der Waals surface area contributed by atoms with E-state index in [0.29, 0.717) is 5.39 Å². The highest BCUT2D eigenvalue weighted by molar-refractivity contribution is 5.90. The molecule has 1 heterocycles. The highest BCUT2D eigenvalue weighted by Crippen LogP contribution is 2.28. The minimum absolute atomic E-state index is 0.114. The van der Waals surface area contributed by atoms with E-state index in [2.05, 4.69) is 4.98 Å². The molecule has 0 saturated carbocycles. The van der Waals surface area contributed by atoms with E-state index in [9.17, 15) is 4.39 Å². The van der Waals surface area contributed by atoms with Crippen LogP contribution in [0.3, 0.4) is 0 Å². The SMILES string of the molecule is CC(C)c1cncc2ccc(F)c(C#N)c12. The maximum atomic E-state index is 13.5. The van der Waals surface area contributed by atoms with Crippen molar-refractivity contribution in [3.8, 4) is 6.07 Å². The Bertz CT molecular complexity index is 582. The average Bonchev–Trinajstić information content (AvgIpc) is 2.28. The van der Waals surface area contributed by atoms with E-state index in [1.807, 2.05) is 19.9 Å². The number of halogens is 1. The number of nitrogens with zero attached hydrogens (tertiary/aromatic N) is 2. The van der Waals surface area contributed by atoms with E-state index in [1.165, 1.54) is 6.07 Å². The van der Waals surface area contributed by atoms with E-state index < -0.39 is 5.82 Å². The van der Waals surface area contributed by atoms with Gasteiger partial charge in [0.05, 0.1) is 5.56 Å². The lowest BCUT2D eigenvalue weighted by Gasteiger charge is -2.10. The average molecular weight is 214 g/mol. The molecule has 80 valence electrons. The topological polar surface area (TPSA) is 36.7 Å². The fraction of sp³-hybridized carbons (Fsp3) is 0.231. The van der Waals surface area contributed by atoms with Crippen LogP contribution >= 0.6 is 0 Å². The first-order valence-corrected chi connectivity index (χ1v) is 5.11. The summed E-state index contributed by atoms with van der Waals surface area (Å²) in [6.07, 6.45) is 3.36. The van der Waals surface area contributed by atoms with Crippen LogP contribution in [0.25, 0.3) is 10.8 Å². The number of pyridine rings is 1. The third-order valence-electron chi connectivity index (χ3n) is 2.64. The van der Waals surface area contributed by atoms with Gasteiger partial charge in [-0.15, -0.1) is 0 Å². The van der Waals surface area contributed by atoms with Crippen molar-refractivity contribution in [1.29, 1.82) is 5.26 Å². The first-order valence-electron chi connectivity index (χ1n) is 5.11. The van der Waals surface area contributed by atoms with Crippen molar-refractivity contribution in [3.63, 3.8) is 0 Å². The smallest absolute Gasteiger partial charge is 0.141 e. The van der Waals surface area contributed by atoms with Crippen LogP contribution in [0, 0.1) is 17.1 Å². The lowest BCUT2D eigenvalue weighted by Crippen LogP contribution is -1.95. The normalized spacial score (nSPS) is 10.7. The Kier molecular flexibility index (Phi) is 2.57.